The Morgan fingerprint density at radius 3 is 3.00 bits per heavy atom. The van der Waals surface area contributed by atoms with Crippen molar-refractivity contribution in [1.29, 1.82) is 0 Å². The Hall–Kier alpha value is -0.680. The average Bonchev–Trinajstić information content (AvgIpc) is 2.86. The molecule has 1 saturated heterocycles. The van der Waals surface area contributed by atoms with E-state index in [1.54, 1.807) is 0 Å². The summed E-state index contributed by atoms with van der Waals surface area (Å²) < 4.78 is 6.65. The van der Waals surface area contributed by atoms with Gasteiger partial charge in [-0.05, 0) is 47.3 Å². The monoisotopic (exact) mass is 283 g/mol. The summed E-state index contributed by atoms with van der Waals surface area (Å²) in [6.07, 6.45) is 2.73. The highest BCUT2D eigenvalue weighted by Crippen LogP contribution is 2.36. The second-order valence-corrected chi connectivity index (χ2v) is 5.32. The Labute approximate surface area is 103 Å². The minimum Gasteiger partial charge on any atom is -0.473 e. The molecule has 0 radical (unpaired) electrons. The third-order valence-corrected chi connectivity index (χ3v) is 3.99. The van der Waals surface area contributed by atoms with E-state index in [9.17, 15) is 0 Å². The van der Waals surface area contributed by atoms with Crippen molar-refractivity contribution >= 4 is 15.9 Å². The van der Waals surface area contributed by atoms with Gasteiger partial charge >= 0.3 is 0 Å². The summed E-state index contributed by atoms with van der Waals surface area (Å²) in [5.41, 5.74) is 0. The molecule has 1 aliphatic carbocycles. The molecule has 0 spiro atoms. The van der Waals surface area contributed by atoms with Crippen LogP contribution in [0.25, 0.3) is 0 Å². The third kappa shape index (κ3) is 1.94. The second-order valence-electron chi connectivity index (χ2n) is 4.51. The lowest BCUT2D eigenvalue weighted by molar-refractivity contribution is 0.150. The summed E-state index contributed by atoms with van der Waals surface area (Å²) in [5.74, 6) is 2.10. The molecule has 1 aliphatic heterocycles. The van der Waals surface area contributed by atoms with Gasteiger partial charge in [-0.3, -0.25) is 0 Å². The molecule has 16 heavy (non-hydrogen) atoms. The van der Waals surface area contributed by atoms with Crippen molar-refractivity contribution in [3.05, 3.63) is 16.7 Å². The number of nitrogens with zero attached hydrogens (tertiary/aromatic N) is 2. The molecule has 3 rings (SSSR count). The van der Waals surface area contributed by atoms with Crippen LogP contribution in [0, 0.1) is 11.8 Å². The molecule has 2 aliphatic rings. The first-order valence-electron chi connectivity index (χ1n) is 5.69. The van der Waals surface area contributed by atoms with E-state index >= 15 is 0 Å². The highest BCUT2D eigenvalue weighted by Gasteiger charge is 2.40. The van der Waals surface area contributed by atoms with Crippen LogP contribution in [0.15, 0.2) is 16.7 Å². The van der Waals surface area contributed by atoms with Gasteiger partial charge in [0.1, 0.15) is 10.7 Å². The molecule has 4 nitrogen and oxygen atoms in total. The normalized spacial score (nSPS) is 32.7. The maximum Gasteiger partial charge on any atom is 0.233 e. The molecular weight excluding hydrogens is 270 g/mol. The molecule has 0 bridgehead atoms. The molecule has 1 aromatic heterocycles. The van der Waals surface area contributed by atoms with Gasteiger partial charge in [-0.15, -0.1) is 10.2 Å². The number of fused-ring (bicyclic) bond motifs is 1. The third-order valence-electron chi connectivity index (χ3n) is 3.57. The van der Waals surface area contributed by atoms with Crippen LogP contribution in [-0.2, 0) is 0 Å². The zero-order valence-electron chi connectivity index (χ0n) is 8.90. The maximum absolute atomic E-state index is 5.91. The van der Waals surface area contributed by atoms with E-state index in [0.29, 0.717) is 17.9 Å². The Balaban J connectivity index is 1.68. The van der Waals surface area contributed by atoms with Crippen molar-refractivity contribution in [1.82, 2.24) is 15.5 Å². The van der Waals surface area contributed by atoms with Gasteiger partial charge in [0, 0.05) is 18.5 Å². The molecule has 0 unspecified atom stereocenters. The number of ether oxygens (including phenoxy) is 1. The summed E-state index contributed by atoms with van der Waals surface area (Å²) in [6, 6.07) is 3.73. The second kappa shape index (κ2) is 4.30. The summed E-state index contributed by atoms with van der Waals surface area (Å²) in [5, 5.41) is 11.4. The number of hydrogen-bond donors (Lipinski definition) is 1. The molecule has 1 aromatic rings. The average molecular weight is 284 g/mol. The molecule has 86 valence electrons. The molecule has 5 heteroatoms. The van der Waals surface area contributed by atoms with Gasteiger partial charge in [0.25, 0.3) is 0 Å². The van der Waals surface area contributed by atoms with Crippen LogP contribution in [0.1, 0.15) is 12.8 Å². The fraction of sp³-hybridized carbons (Fsp3) is 0.636. The van der Waals surface area contributed by atoms with Crippen LogP contribution in [0.2, 0.25) is 0 Å². The molecule has 3 atom stereocenters. The smallest absolute Gasteiger partial charge is 0.233 e. The molecule has 2 fully saturated rings. The molecule has 1 N–H and O–H groups in total. The summed E-state index contributed by atoms with van der Waals surface area (Å²) in [4.78, 5) is 0. The predicted octanol–water partition coefficient (Wildman–Crippen LogP) is 1.62. The first-order valence-corrected chi connectivity index (χ1v) is 6.49. The molecule has 2 heterocycles. The highest BCUT2D eigenvalue weighted by atomic mass is 79.9. The number of rotatable bonds is 2. The minimum atomic E-state index is 0.315. The first-order chi connectivity index (χ1) is 7.83. The summed E-state index contributed by atoms with van der Waals surface area (Å²) >= 11 is 3.26. The van der Waals surface area contributed by atoms with Crippen LogP contribution in [-0.4, -0.2) is 29.4 Å². The standard InChI is InChI=1S/C11H14BrN3O/c12-10-3-4-11(15-14-10)16-9-2-1-7-5-13-6-8(7)9/h3-4,7-9,13H,1-2,5-6H2/t7-,8+,9+/m0/s1. The summed E-state index contributed by atoms with van der Waals surface area (Å²) in [6.45, 7) is 2.23. The number of nitrogens with one attached hydrogen (secondary N) is 1. The van der Waals surface area contributed by atoms with Crippen molar-refractivity contribution in [3.63, 3.8) is 0 Å². The van der Waals surface area contributed by atoms with Crippen molar-refractivity contribution < 1.29 is 4.74 Å². The SMILES string of the molecule is Brc1ccc(O[C@@H]2CC[C@H]3CNC[C@H]32)nn1. The number of aromatic nitrogens is 2. The van der Waals surface area contributed by atoms with Crippen LogP contribution in [0.3, 0.4) is 0 Å². The molecule has 1 saturated carbocycles. The van der Waals surface area contributed by atoms with Gasteiger partial charge in [-0.2, -0.15) is 0 Å². The lowest BCUT2D eigenvalue weighted by Crippen LogP contribution is -2.26. The zero-order valence-corrected chi connectivity index (χ0v) is 10.5. The topological polar surface area (TPSA) is 47.0 Å². The molecular formula is C11H14BrN3O. The van der Waals surface area contributed by atoms with Gasteiger partial charge in [-0.25, -0.2) is 0 Å². The number of hydrogen-bond acceptors (Lipinski definition) is 4. The van der Waals surface area contributed by atoms with Crippen molar-refractivity contribution in [2.75, 3.05) is 13.1 Å². The van der Waals surface area contributed by atoms with E-state index in [1.807, 2.05) is 12.1 Å². The highest BCUT2D eigenvalue weighted by molar-refractivity contribution is 9.10. The lowest BCUT2D eigenvalue weighted by atomic mass is 9.99. The van der Waals surface area contributed by atoms with Gasteiger partial charge in [0.15, 0.2) is 0 Å². The van der Waals surface area contributed by atoms with E-state index in [4.69, 9.17) is 4.74 Å². The van der Waals surface area contributed by atoms with Crippen LogP contribution in [0.4, 0.5) is 0 Å². The van der Waals surface area contributed by atoms with Crippen molar-refractivity contribution in [2.24, 2.45) is 11.8 Å². The van der Waals surface area contributed by atoms with Gasteiger partial charge in [0.05, 0.1) is 0 Å². The van der Waals surface area contributed by atoms with E-state index in [0.717, 1.165) is 30.0 Å². The Kier molecular flexibility index (Phi) is 2.81. The fourth-order valence-corrected chi connectivity index (χ4v) is 2.98. The predicted molar refractivity (Wildman–Crippen MR) is 63.2 cm³/mol. The van der Waals surface area contributed by atoms with Crippen LogP contribution >= 0.6 is 15.9 Å². The van der Waals surface area contributed by atoms with E-state index in [2.05, 4.69) is 31.4 Å². The Morgan fingerprint density at radius 1 is 1.25 bits per heavy atom. The van der Waals surface area contributed by atoms with E-state index in [1.165, 1.54) is 6.42 Å². The van der Waals surface area contributed by atoms with Gasteiger partial charge < -0.3 is 10.1 Å². The van der Waals surface area contributed by atoms with Crippen molar-refractivity contribution in [2.45, 2.75) is 18.9 Å². The van der Waals surface area contributed by atoms with E-state index in [-0.39, 0.29) is 0 Å². The quantitative estimate of drug-likeness (QED) is 0.896. The minimum absolute atomic E-state index is 0.315. The molecule has 0 aromatic carbocycles. The van der Waals surface area contributed by atoms with E-state index < -0.39 is 0 Å². The maximum atomic E-state index is 5.91. The van der Waals surface area contributed by atoms with Crippen LogP contribution in [0.5, 0.6) is 5.88 Å². The van der Waals surface area contributed by atoms with Gasteiger partial charge in [0.2, 0.25) is 5.88 Å². The summed E-state index contributed by atoms with van der Waals surface area (Å²) in [7, 11) is 0. The van der Waals surface area contributed by atoms with Crippen molar-refractivity contribution in [3.8, 4) is 5.88 Å². The Morgan fingerprint density at radius 2 is 2.19 bits per heavy atom. The van der Waals surface area contributed by atoms with Crippen LogP contribution < -0.4 is 10.1 Å². The lowest BCUT2D eigenvalue weighted by Gasteiger charge is -2.18. The number of halogens is 1. The first kappa shape index (κ1) is 10.5. The zero-order chi connectivity index (χ0) is 11.0. The largest absolute Gasteiger partial charge is 0.473 e. The van der Waals surface area contributed by atoms with Gasteiger partial charge in [-0.1, -0.05) is 0 Å². The molecule has 0 amide bonds. The fourth-order valence-electron chi connectivity index (χ4n) is 2.77. The Bertz CT molecular complexity index is 370.